The fraction of sp³-hybridized carbons (Fsp3) is 0.100. The number of amides is 1. The Morgan fingerprint density at radius 3 is 2.58 bits per heavy atom. The number of aryl methyl sites for hydroxylation is 2. The number of benzene rings is 2. The van der Waals surface area contributed by atoms with Crippen molar-refractivity contribution in [3.63, 3.8) is 0 Å². The highest BCUT2D eigenvalue weighted by molar-refractivity contribution is 6.05. The molecule has 120 valence electrons. The van der Waals surface area contributed by atoms with Crippen LogP contribution >= 0.6 is 0 Å². The SMILES string of the molecule is Cc1ccc(NC(=O)c2cccc(-c3ccc(C=O)o3)c2)c(C)c1. The van der Waals surface area contributed by atoms with Crippen LogP contribution in [-0.2, 0) is 0 Å². The predicted molar refractivity (Wildman–Crippen MR) is 93.4 cm³/mol. The molecule has 0 aliphatic heterocycles. The zero-order chi connectivity index (χ0) is 17.1. The topological polar surface area (TPSA) is 59.3 Å². The molecule has 1 heterocycles. The third kappa shape index (κ3) is 3.27. The number of hydrogen-bond donors (Lipinski definition) is 1. The number of anilines is 1. The smallest absolute Gasteiger partial charge is 0.255 e. The Kier molecular flexibility index (Phi) is 4.29. The summed E-state index contributed by atoms with van der Waals surface area (Å²) in [6, 6.07) is 16.3. The minimum Gasteiger partial charge on any atom is -0.453 e. The average molecular weight is 319 g/mol. The van der Waals surface area contributed by atoms with Crippen LogP contribution in [0, 0.1) is 13.8 Å². The maximum Gasteiger partial charge on any atom is 0.255 e. The molecule has 0 saturated heterocycles. The fourth-order valence-corrected chi connectivity index (χ4v) is 2.53. The maximum atomic E-state index is 12.5. The third-order valence-electron chi connectivity index (χ3n) is 3.78. The van der Waals surface area contributed by atoms with Crippen LogP contribution in [0.4, 0.5) is 5.69 Å². The van der Waals surface area contributed by atoms with E-state index in [4.69, 9.17) is 4.42 Å². The molecule has 2 aromatic carbocycles. The quantitative estimate of drug-likeness (QED) is 0.713. The van der Waals surface area contributed by atoms with Crippen molar-refractivity contribution in [2.75, 3.05) is 5.32 Å². The number of carbonyl (C=O) groups excluding carboxylic acids is 2. The van der Waals surface area contributed by atoms with Gasteiger partial charge in [0.1, 0.15) is 5.76 Å². The summed E-state index contributed by atoms with van der Waals surface area (Å²) < 4.78 is 5.40. The molecule has 0 spiro atoms. The molecule has 1 N–H and O–H groups in total. The number of hydrogen-bond acceptors (Lipinski definition) is 3. The van der Waals surface area contributed by atoms with E-state index in [1.165, 1.54) is 0 Å². The molecule has 0 radical (unpaired) electrons. The number of furan rings is 1. The van der Waals surface area contributed by atoms with Crippen molar-refractivity contribution in [2.24, 2.45) is 0 Å². The lowest BCUT2D eigenvalue weighted by Gasteiger charge is -2.09. The molecule has 3 aromatic rings. The Morgan fingerprint density at radius 2 is 1.88 bits per heavy atom. The first kappa shape index (κ1) is 15.7. The minimum absolute atomic E-state index is 0.189. The summed E-state index contributed by atoms with van der Waals surface area (Å²) >= 11 is 0. The first-order valence-corrected chi connectivity index (χ1v) is 7.61. The first-order chi connectivity index (χ1) is 11.6. The van der Waals surface area contributed by atoms with E-state index < -0.39 is 0 Å². The molecule has 0 aliphatic rings. The minimum atomic E-state index is -0.189. The van der Waals surface area contributed by atoms with Crippen LogP contribution in [-0.4, -0.2) is 12.2 Å². The lowest BCUT2D eigenvalue weighted by Crippen LogP contribution is -2.12. The van der Waals surface area contributed by atoms with Crippen molar-refractivity contribution >= 4 is 17.9 Å². The first-order valence-electron chi connectivity index (χ1n) is 7.61. The van der Waals surface area contributed by atoms with Gasteiger partial charge in [-0.1, -0.05) is 29.8 Å². The molecule has 0 fully saturated rings. The Labute approximate surface area is 140 Å². The van der Waals surface area contributed by atoms with Gasteiger partial charge in [-0.15, -0.1) is 0 Å². The van der Waals surface area contributed by atoms with Gasteiger partial charge in [-0.05, 0) is 49.7 Å². The summed E-state index contributed by atoms with van der Waals surface area (Å²) in [5, 5.41) is 2.92. The largest absolute Gasteiger partial charge is 0.453 e. The van der Waals surface area contributed by atoms with E-state index in [1.807, 2.05) is 38.1 Å². The van der Waals surface area contributed by atoms with Crippen molar-refractivity contribution in [1.82, 2.24) is 0 Å². The van der Waals surface area contributed by atoms with E-state index in [0.717, 1.165) is 22.4 Å². The highest BCUT2D eigenvalue weighted by atomic mass is 16.3. The maximum absolute atomic E-state index is 12.5. The van der Waals surface area contributed by atoms with Gasteiger partial charge < -0.3 is 9.73 Å². The number of carbonyl (C=O) groups is 2. The van der Waals surface area contributed by atoms with E-state index in [1.54, 1.807) is 30.3 Å². The van der Waals surface area contributed by atoms with Crippen molar-refractivity contribution in [3.8, 4) is 11.3 Å². The lowest BCUT2D eigenvalue weighted by atomic mass is 10.1. The third-order valence-corrected chi connectivity index (χ3v) is 3.78. The molecular weight excluding hydrogens is 302 g/mol. The van der Waals surface area contributed by atoms with Crippen LogP contribution in [0.3, 0.4) is 0 Å². The van der Waals surface area contributed by atoms with Crippen LogP contribution in [0.5, 0.6) is 0 Å². The van der Waals surface area contributed by atoms with Crippen LogP contribution in [0.2, 0.25) is 0 Å². The van der Waals surface area contributed by atoms with Crippen LogP contribution < -0.4 is 5.32 Å². The van der Waals surface area contributed by atoms with Crippen LogP contribution in [0.25, 0.3) is 11.3 Å². The van der Waals surface area contributed by atoms with E-state index >= 15 is 0 Å². The van der Waals surface area contributed by atoms with Gasteiger partial charge in [0.2, 0.25) is 0 Å². The zero-order valence-corrected chi connectivity index (χ0v) is 13.5. The molecule has 0 aliphatic carbocycles. The number of rotatable bonds is 4. The van der Waals surface area contributed by atoms with Gasteiger partial charge in [0.05, 0.1) is 0 Å². The van der Waals surface area contributed by atoms with Crippen molar-refractivity contribution in [1.29, 1.82) is 0 Å². The second kappa shape index (κ2) is 6.54. The van der Waals surface area contributed by atoms with Gasteiger partial charge >= 0.3 is 0 Å². The highest BCUT2D eigenvalue weighted by Crippen LogP contribution is 2.23. The Morgan fingerprint density at radius 1 is 1.04 bits per heavy atom. The Bertz CT molecular complexity index is 909. The molecule has 4 heteroatoms. The summed E-state index contributed by atoms with van der Waals surface area (Å²) in [7, 11) is 0. The molecule has 0 saturated carbocycles. The van der Waals surface area contributed by atoms with E-state index in [0.29, 0.717) is 17.6 Å². The van der Waals surface area contributed by atoms with Crippen LogP contribution in [0.1, 0.15) is 32.0 Å². The molecular formula is C20H17NO3. The lowest BCUT2D eigenvalue weighted by molar-refractivity contribution is 0.102. The Hall–Kier alpha value is -3.14. The molecule has 3 rings (SSSR count). The highest BCUT2D eigenvalue weighted by Gasteiger charge is 2.11. The normalized spacial score (nSPS) is 10.4. The second-order valence-electron chi connectivity index (χ2n) is 5.67. The zero-order valence-electron chi connectivity index (χ0n) is 13.5. The standard InChI is InChI=1S/C20H17NO3/c1-13-6-8-18(14(2)10-13)21-20(23)16-5-3-4-15(11-16)19-9-7-17(12-22)24-19/h3-12H,1-2H3,(H,21,23). The van der Waals surface area contributed by atoms with Crippen molar-refractivity contribution in [2.45, 2.75) is 13.8 Å². The summed E-state index contributed by atoms with van der Waals surface area (Å²) in [6.45, 7) is 3.97. The summed E-state index contributed by atoms with van der Waals surface area (Å²) in [5.74, 6) is 0.624. The van der Waals surface area contributed by atoms with E-state index in [2.05, 4.69) is 5.32 Å². The Balaban J connectivity index is 1.85. The number of nitrogens with one attached hydrogen (secondary N) is 1. The van der Waals surface area contributed by atoms with E-state index in [9.17, 15) is 9.59 Å². The van der Waals surface area contributed by atoms with Gasteiger partial charge in [0.15, 0.2) is 12.0 Å². The molecule has 1 amide bonds. The molecule has 0 atom stereocenters. The van der Waals surface area contributed by atoms with Gasteiger partial charge in [-0.3, -0.25) is 9.59 Å². The van der Waals surface area contributed by atoms with Crippen LogP contribution in [0.15, 0.2) is 59.0 Å². The molecule has 24 heavy (non-hydrogen) atoms. The molecule has 0 bridgehead atoms. The fourth-order valence-electron chi connectivity index (χ4n) is 2.53. The van der Waals surface area contributed by atoms with Crippen molar-refractivity contribution < 1.29 is 14.0 Å². The number of aldehydes is 1. The van der Waals surface area contributed by atoms with Gasteiger partial charge in [0.25, 0.3) is 5.91 Å². The van der Waals surface area contributed by atoms with Gasteiger partial charge in [-0.25, -0.2) is 0 Å². The van der Waals surface area contributed by atoms with Gasteiger partial charge in [-0.2, -0.15) is 0 Å². The van der Waals surface area contributed by atoms with Crippen molar-refractivity contribution in [3.05, 3.63) is 77.0 Å². The molecule has 1 aromatic heterocycles. The molecule has 4 nitrogen and oxygen atoms in total. The monoisotopic (exact) mass is 319 g/mol. The average Bonchev–Trinajstić information content (AvgIpc) is 3.06. The summed E-state index contributed by atoms with van der Waals surface area (Å²) in [4.78, 5) is 23.2. The van der Waals surface area contributed by atoms with Gasteiger partial charge in [0, 0.05) is 16.8 Å². The molecule has 0 unspecified atom stereocenters. The predicted octanol–water partition coefficient (Wildman–Crippen LogP) is 4.63. The van der Waals surface area contributed by atoms with E-state index in [-0.39, 0.29) is 11.7 Å². The summed E-state index contributed by atoms with van der Waals surface area (Å²) in [5.41, 5.74) is 4.22. The summed E-state index contributed by atoms with van der Waals surface area (Å²) in [6.07, 6.45) is 0.653. The second-order valence-corrected chi connectivity index (χ2v) is 5.67.